The molecule has 1 amide bonds. The summed E-state index contributed by atoms with van der Waals surface area (Å²) in [5.74, 6) is 1.06. The van der Waals surface area contributed by atoms with Gasteiger partial charge in [0.25, 0.3) is 11.5 Å². The fourth-order valence-corrected chi connectivity index (χ4v) is 3.85. The third kappa shape index (κ3) is 3.85. The number of piperidine rings is 1. The molecule has 0 unspecified atom stereocenters. The Bertz CT molecular complexity index is 1180. The number of amides is 1. The van der Waals surface area contributed by atoms with Gasteiger partial charge >= 0.3 is 5.69 Å². The molecule has 1 aromatic carbocycles. The van der Waals surface area contributed by atoms with Gasteiger partial charge in [0.15, 0.2) is 5.89 Å². The second-order valence-corrected chi connectivity index (χ2v) is 7.69. The van der Waals surface area contributed by atoms with Crippen molar-refractivity contribution in [2.45, 2.75) is 25.2 Å². The Morgan fingerprint density at radius 3 is 2.70 bits per heavy atom. The van der Waals surface area contributed by atoms with Crippen molar-refractivity contribution >= 4 is 5.91 Å². The second kappa shape index (κ2) is 8.14. The van der Waals surface area contributed by atoms with Crippen molar-refractivity contribution in [1.29, 1.82) is 0 Å². The van der Waals surface area contributed by atoms with Crippen LogP contribution < -0.4 is 11.2 Å². The minimum atomic E-state index is -0.516. The van der Waals surface area contributed by atoms with Gasteiger partial charge in [-0.3, -0.25) is 18.7 Å². The SMILES string of the molecule is Cn1c(C(=O)N2CCC[C@H](c3ncc(Cc4ccccc4)o3)C2)cc(=O)n(C)c1=O. The van der Waals surface area contributed by atoms with Gasteiger partial charge < -0.3 is 9.32 Å². The van der Waals surface area contributed by atoms with Crippen molar-refractivity contribution in [3.63, 3.8) is 0 Å². The number of aromatic nitrogens is 3. The summed E-state index contributed by atoms with van der Waals surface area (Å²) < 4.78 is 8.18. The van der Waals surface area contributed by atoms with E-state index in [1.807, 2.05) is 30.3 Å². The van der Waals surface area contributed by atoms with Crippen LogP contribution in [-0.2, 0) is 20.5 Å². The molecule has 1 aliphatic rings. The maximum absolute atomic E-state index is 13.0. The highest BCUT2D eigenvalue weighted by Crippen LogP contribution is 2.28. The van der Waals surface area contributed by atoms with Crippen LogP contribution in [0.1, 0.15) is 46.5 Å². The monoisotopic (exact) mass is 408 g/mol. The number of oxazole rings is 1. The zero-order chi connectivity index (χ0) is 21.3. The molecule has 8 nitrogen and oxygen atoms in total. The Morgan fingerprint density at radius 1 is 1.17 bits per heavy atom. The minimum absolute atomic E-state index is 0.0178. The van der Waals surface area contributed by atoms with Crippen LogP contribution in [0.3, 0.4) is 0 Å². The Hall–Kier alpha value is -3.42. The molecule has 156 valence electrons. The first-order valence-electron chi connectivity index (χ1n) is 9.99. The largest absolute Gasteiger partial charge is 0.445 e. The van der Waals surface area contributed by atoms with Crippen molar-refractivity contribution in [2.75, 3.05) is 13.1 Å². The van der Waals surface area contributed by atoms with E-state index in [-0.39, 0.29) is 17.5 Å². The fraction of sp³-hybridized carbons (Fsp3) is 0.364. The Morgan fingerprint density at radius 2 is 1.93 bits per heavy atom. The molecule has 0 spiro atoms. The van der Waals surface area contributed by atoms with Crippen molar-refractivity contribution < 1.29 is 9.21 Å². The smallest absolute Gasteiger partial charge is 0.331 e. The van der Waals surface area contributed by atoms with Gasteiger partial charge in [-0.2, -0.15) is 0 Å². The first kappa shape index (κ1) is 19.9. The number of hydrogen-bond acceptors (Lipinski definition) is 5. The molecule has 0 N–H and O–H groups in total. The molecule has 1 atom stereocenters. The first-order valence-corrected chi connectivity index (χ1v) is 9.99. The lowest BCUT2D eigenvalue weighted by atomic mass is 9.97. The average Bonchev–Trinajstić information content (AvgIpc) is 3.23. The lowest BCUT2D eigenvalue weighted by Crippen LogP contribution is -2.44. The fourth-order valence-electron chi connectivity index (χ4n) is 3.85. The molecule has 0 saturated carbocycles. The second-order valence-electron chi connectivity index (χ2n) is 7.69. The molecule has 1 aliphatic heterocycles. The summed E-state index contributed by atoms with van der Waals surface area (Å²) in [5, 5.41) is 0. The molecule has 2 aromatic heterocycles. The molecule has 4 rings (SSSR count). The first-order chi connectivity index (χ1) is 14.4. The summed E-state index contributed by atoms with van der Waals surface area (Å²) >= 11 is 0. The lowest BCUT2D eigenvalue weighted by Gasteiger charge is -2.31. The van der Waals surface area contributed by atoms with Crippen LogP contribution in [0.15, 0.2) is 56.6 Å². The number of carbonyl (C=O) groups excluding carboxylic acids is 1. The summed E-state index contributed by atoms with van der Waals surface area (Å²) in [7, 11) is 2.89. The average molecular weight is 408 g/mol. The molecule has 0 bridgehead atoms. The summed E-state index contributed by atoms with van der Waals surface area (Å²) in [5.41, 5.74) is 0.235. The van der Waals surface area contributed by atoms with Crippen LogP contribution in [0.25, 0.3) is 0 Å². The Labute approximate surface area is 173 Å². The van der Waals surface area contributed by atoms with Gasteiger partial charge in [0, 0.05) is 39.7 Å². The quantitative estimate of drug-likeness (QED) is 0.655. The van der Waals surface area contributed by atoms with Crippen LogP contribution in [0, 0.1) is 0 Å². The third-order valence-electron chi connectivity index (χ3n) is 5.60. The van der Waals surface area contributed by atoms with Gasteiger partial charge in [-0.1, -0.05) is 30.3 Å². The molecule has 8 heteroatoms. The molecule has 3 heterocycles. The van der Waals surface area contributed by atoms with Crippen LogP contribution in [0.5, 0.6) is 0 Å². The van der Waals surface area contributed by atoms with E-state index in [9.17, 15) is 14.4 Å². The molecule has 30 heavy (non-hydrogen) atoms. The number of likely N-dealkylation sites (tertiary alicyclic amines) is 1. The van der Waals surface area contributed by atoms with Crippen LogP contribution in [0.2, 0.25) is 0 Å². The zero-order valence-corrected chi connectivity index (χ0v) is 17.1. The summed E-state index contributed by atoms with van der Waals surface area (Å²) in [6, 6.07) is 11.2. The topological polar surface area (TPSA) is 90.3 Å². The molecular weight excluding hydrogens is 384 g/mol. The molecule has 0 aliphatic carbocycles. The van der Waals surface area contributed by atoms with E-state index in [1.165, 1.54) is 24.7 Å². The van der Waals surface area contributed by atoms with Crippen molar-refractivity contribution in [2.24, 2.45) is 14.1 Å². The van der Waals surface area contributed by atoms with Gasteiger partial charge in [-0.05, 0) is 18.4 Å². The van der Waals surface area contributed by atoms with E-state index in [0.29, 0.717) is 25.4 Å². The highest BCUT2D eigenvalue weighted by molar-refractivity contribution is 5.92. The molecule has 1 fully saturated rings. The highest BCUT2D eigenvalue weighted by Gasteiger charge is 2.29. The third-order valence-corrected chi connectivity index (χ3v) is 5.60. The van der Waals surface area contributed by atoms with Gasteiger partial charge in [0.05, 0.1) is 12.1 Å². The predicted octanol–water partition coefficient (Wildman–Crippen LogP) is 1.68. The van der Waals surface area contributed by atoms with Crippen molar-refractivity contribution in [1.82, 2.24) is 19.0 Å². The van der Waals surface area contributed by atoms with Gasteiger partial charge in [-0.25, -0.2) is 9.78 Å². The molecule has 1 saturated heterocycles. The van der Waals surface area contributed by atoms with Gasteiger partial charge in [0.2, 0.25) is 0 Å². The van der Waals surface area contributed by atoms with Crippen LogP contribution in [0.4, 0.5) is 0 Å². The number of hydrogen-bond donors (Lipinski definition) is 0. The maximum Gasteiger partial charge on any atom is 0.331 e. The number of nitrogens with zero attached hydrogens (tertiary/aromatic N) is 4. The normalized spacial score (nSPS) is 16.6. The van der Waals surface area contributed by atoms with Crippen LogP contribution >= 0.6 is 0 Å². The van der Waals surface area contributed by atoms with E-state index in [1.54, 1.807) is 11.1 Å². The number of rotatable bonds is 4. The number of carbonyl (C=O) groups is 1. The molecule has 0 radical (unpaired) electrons. The van der Waals surface area contributed by atoms with E-state index in [0.717, 1.165) is 28.7 Å². The Kier molecular flexibility index (Phi) is 5.39. The van der Waals surface area contributed by atoms with E-state index >= 15 is 0 Å². The van der Waals surface area contributed by atoms with Gasteiger partial charge in [-0.15, -0.1) is 0 Å². The van der Waals surface area contributed by atoms with E-state index < -0.39 is 11.2 Å². The van der Waals surface area contributed by atoms with Gasteiger partial charge in [0.1, 0.15) is 11.5 Å². The van der Waals surface area contributed by atoms with Crippen molar-refractivity contribution in [3.8, 4) is 0 Å². The standard InChI is InChI=1S/C22H24N4O4/c1-24-18(12-19(27)25(2)22(24)29)21(28)26-10-6-9-16(14-26)20-23-13-17(30-20)11-15-7-4-3-5-8-15/h3-5,7-8,12-13,16H,6,9-11,14H2,1-2H3/t16-/m0/s1. The lowest BCUT2D eigenvalue weighted by molar-refractivity contribution is 0.0685. The minimum Gasteiger partial charge on any atom is -0.445 e. The Balaban J connectivity index is 1.51. The predicted molar refractivity (Wildman–Crippen MR) is 111 cm³/mol. The summed E-state index contributed by atoms with van der Waals surface area (Å²) in [6.45, 7) is 1.00. The van der Waals surface area contributed by atoms with E-state index in [2.05, 4.69) is 4.98 Å². The number of benzene rings is 1. The summed E-state index contributed by atoms with van der Waals surface area (Å²) in [4.78, 5) is 43.3. The highest BCUT2D eigenvalue weighted by atomic mass is 16.4. The molecular formula is C22H24N4O4. The van der Waals surface area contributed by atoms with Crippen LogP contribution in [-0.4, -0.2) is 38.0 Å². The summed E-state index contributed by atoms with van der Waals surface area (Å²) in [6.07, 6.45) is 4.07. The zero-order valence-electron chi connectivity index (χ0n) is 17.1. The van der Waals surface area contributed by atoms with E-state index in [4.69, 9.17) is 4.42 Å². The molecule has 3 aromatic rings. The van der Waals surface area contributed by atoms with Crippen molar-refractivity contribution in [3.05, 3.63) is 86.3 Å². The maximum atomic E-state index is 13.0.